The Morgan fingerprint density at radius 1 is 1.24 bits per heavy atom. The molecule has 1 aromatic heterocycles. The van der Waals surface area contributed by atoms with Crippen LogP contribution in [0.25, 0.3) is 0 Å². The number of aromatic nitrogens is 2. The highest BCUT2D eigenvalue weighted by atomic mass is 14.9. The highest BCUT2D eigenvalue weighted by Crippen LogP contribution is 2.28. The number of benzene rings is 1. The Balaban J connectivity index is 1.78. The van der Waals surface area contributed by atoms with Crippen molar-refractivity contribution in [2.24, 2.45) is 0 Å². The summed E-state index contributed by atoms with van der Waals surface area (Å²) in [5.41, 5.74) is 3.83. The molecule has 0 spiro atoms. The molecule has 0 saturated carbocycles. The average molecular weight is 281 g/mol. The molecule has 0 fully saturated rings. The second-order valence-corrected chi connectivity index (χ2v) is 5.75. The van der Waals surface area contributed by atoms with Crippen LogP contribution in [-0.4, -0.2) is 16.5 Å². The normalized spacial score (nSPS) is 17.5. The average Bonchev–Trinajstić information content (AvgIpc) is 2.53. The van der Waals surface area contributed by atoms with Crippen LogP contribution < -0.4 is 5.32 Å². The van der Waals surface area contributed by atoms with E-state index in [9.17, 15) is 0 Å². The third-order valence-corrected chi connectivity index (χ3v) is 4.08. The number of rotatable bonds is 5. The van der Waals surface area contributed by atoms with Crippen LogP contribution in [0.3, 0.4) is 0 Å². The lowest BCUT2D eigenvalue weighted by molar-refractivity contribution is 0.452. The largest absolute Gasteiger partial charge is 0.310 e. The van der Waals surface area contributed by atoms with Gasteiger partial charge in [0.2, 0.25) is 0 Å². The number of nitrogens with one attached hydrogen (secondary N) is 1. The van der Waals surface area contributed by atoms with Gasteiger partial charge in [-0.3, -0.25) is 0 Å². The van der Waals surface area contributed by atoms with Crippen molar-refractivity contribution in [3.05, 3.63) is 59.2 Å². The predicted molar refractivity (Wildman–Crippen MR) is 85.3 cm³/mol. The summed E-state index contributed by atoms with van der Waals surface area (Å²) < 4.78 is 0. The first-order valence-electron chi connectivity index (χ1n) is 7.99. The topological polar surface area (TPSA) is 37.8 Å². The van der Waals surface area contributed by atoms with Gasteiger partial charge in [-0.05, 0) is 37.8 Å². The van der Waals surface area contributed by atoms with Gasteiger partial charge in [0.05, 0.1) is 0 Å². The van der Waals surface area contributed by atoms with Crippen molar-refractivity contribution >= 4 is 0 Å². The smallest absolute Gasteiger partial charge is 0.132 e. The van der Waals surface area contributed by atoms with E-state index in [4.69, 9.17) is 4.98 Å². The summed E-state index contributed by atoms with van der Waals surface area (Å²) in [6, 6.07) is 10.9. The monoisotopic (exact) mass is 281 g/mol. The maximum Gasteiger partial charge on any atom is 0.132 e. The Morgan fingerprint density at radius 3 is 2.90 bits per heavy atom. The van der Waals surface area contributed by atoms with Gasteiger partial charge in [-0.25, -0.2) is 9.97 Å². The fourth-order valence-corrected chi connectivity index (χ4v) is 2.98. The van der Waals surface area contributed by atoms with E-state index < -0.39 is 0 Å². The Kier molecular flexibility index (Phi) is 4.61. The maximum atomic E-state index is 4.82. The van der Waals surface area contributed by atoms with Crippen LogP contribution in [0.1, 0.15) is 54.9 Å². The highest BCUT2D eigenvalue weighted by Gasteiger charge is 2.21. The lowest BCUT2D eigenvalue weighted by Crippen LogP contribution is -2.27. The zero-order valence-corrected chi connectivity index (χ0v) is 12.7. The predicted octanol–water partition coefficient (Wildman–Crippen LogP) is 3.44. The number of hydrogen-bond acceptors (Lipinski definition) is 3. The molecular weight excluding hydrogens is 258 g/mol. The van der Waals surface area contributed by atoms with Gasteiger partial charge in [-0.1, -0.05) is 37.3 Å². The standard InChI is InChI=1S/C18H23N3/c1-2-11-19-16-9-6-10-17-15(16)13-20-18(21-17)12-14-7-4-3-5-8-14/h3-5,7-8,13,16,19H,2,6,9-12H2,1H3. The van der Waals surface area contributed by atoms with Gasteiger partial charge in [-0.2, -0.15) is 0 Å². The Labute approximate surface area is 126 Å². The van der Waals surface area contributed by atoms with E-state index in [1.54, 1.807) is 0 Å². The third-order valence-electron chi connectivity index (χ3n) is 4.08. The van der Waals surface area contributed by atoms with Crippen molar-refractivity contribution in [2.45, 2.75) is 45.1 Å². The molecule has 3 heteroatoms. The molecular formula is C18H23N3. The first-order chi connectivity index (χ1) is 10.4. The summed E-state index contributed by atoms with van der Waals surface area (Å²) >= 11 is 0. The van der Waals surface area contributed by atoms with E-state index >= 15 is 0 Å². The van der Waals surface area contributed by atoms with Crippen LogP contribution in [0.5, 0.6) is 0 Å². The van der Waals surface area contributed by atoms with E-state index in [-0.39, 0.29) is 0 Å². The molecule has 3 nitrogen and oxygen atoms in total. The Hall–Kier alpha value is -1.74. The molecule has 1 aliphatic rings. The van der Waals surface area contributed by atoms with Gasteiger partial charge in [0.25, 0.3) is 0 Å². The zero-order chi connectivity index (χ0) is 14.5. The summed E-state index contributed by atoms with van der Waals surface area (Å²) in [5.74, 6) is 0.941. The minimum absolute atomic E-state index is 0.444. The summed E-state index contributed by atoms with van der Waals surface area (Å²) in [7, 11) is 0. The molecule has 0 bridgehead atoms. The van der Waals surface area contributed by atoms with Crippen molar-refractivity contribution in [2.75, 3.05) is 6.54 Å². The van der Waals surface area contributed by atoms with Crippen molar-refractivity contribution < 1.29 is 0 Å². The molecule has 110 valence electrons. The van der Waals surface area contributed by atoms with E-state index in [1.807, 2.05) is 12.3 Å². The quantitative estimate of drug-likeness (QED) is 0.912. The fourth-order valence-electron chi connectivity index (χ4n) is 2.98. The molecule has 1 atom stereocenters. The fraction of sp³-hybridized carbons (Fsp3) is 0.444. The first-order valence-corrected chi connectivity index (χ1v) is 7.99. The zero-order valence-electron chi connectivity index (χ0n) is 12.7. The summed E-state index contributed by atoms with van der Waals surface area (Å²) in [5, 5.41) is 3.62. The van der Waals surface area contributed by atoms with Crippen LogP contribution in [0.4, 0.5) is 0 Å². The SMILES string of the molecule is CCCNC1CCCc2nc(Cc3ccccc3)ncc21. The van der Waals surface area contributed by atoms with Gasteiger partial charge < -0.3 is 5.32 Å². The van der Waals surface area contributed by atoms with Crippen molar-refractivity contribution in [1.29, 1.82) is 0 Å². The maximum absolute atomic E-state index is 4.82. The first kappa shape index (κ1) is 14.2. The van der Waals surface area contributed by atoms with Crippen molar-refractivity contribution in [1.82, 2.24) is 15.3 Å². The van der Waals surface area contributed by atoms with E-state index in [2.05, 4.69) is 41.5 Å². The molecule has 3 rings (SSSR count). The Bertz CT molecular complexity index is 580. The lowest BCUT2D eigenvalue weighted by Gasteiger charge is -2.25. The van der Waals surface area contributed by atoms with Crippen molar-refractivity contribution in [3.63, 3.8) is 0 Å². The molecule has 1 N–H and O–H groups in total. The second-order valence-electron chi connectivity index (χ2n) is 5.75. The molecule has 1 aliphatic carbocycles. The number of hydrogen-bond donors (Lipinski definition) is 1. The molecule has 0 radical (unpaired) electrons. The summed E-state index contributed by atoms with van der Waals surface area (Å²) in [6.45, 7) is 3.27. The van der Waals surface area contributed by atoms with Gasteiger partial charge in [0.15, 0.2) is 0 Å². The molecule has 21 heavy (non-hydrogen) atoms. The van der Waals surface area contributed by atoms with Crippen LogP contribution >= 0.6 is 0 Å². The van der Waals surface area contributed by atoms with E-state index in [1.165, 1.54) is 36.1 Å². The van der Waals surface area contributed by atoms with Crippen LogP contribution in [0.2, 0.25) is 0 Å². The molecule has 2 aromatic rings. The van der Waals surface area contributed by atoms with E-state index in [0.29, 0.717) is 6.04 Å². The molecule has 1 aromatic carbocycles. The minimum atomic E-state index is 0.444. The van der Waals surface area contributed by atoms with Crippen LogP contribution in [0.15, 0.2) is 36.5 Å². The lowest BCUT2D eigenvalue weighted by atomic mass is 9.92. The Morgan fingerprint density at radius 2 is 2.10 bits per heavy atom. The number of nitrogens with zero attached hydrogens (tertiary/aromatic N) is 2. The van der Waals surface area contributed by atoms with E-state index in [0.717, 1.165) is 25.2 Å². The van der Waals surface area contributed by atoms with Crippen LogP contribution in [0, 0.1) is 0 Å². The number of aryl methyl sites for hydroxylation is 1. The van der Waals surface area contributed by atoms with Crippen LogP contribution in [-0.2, 0) is 12.8 Å². The van der Waals surface area contributed by atoms with Gasteiger partial charge in [0.1, 0.15) is 5.82 Å². The van der Waals surface area contributed by atoms with Crippen molar-refractivity contribution in [3.8, 4) is 0 Å². The molecule has 0 amide bonds. The summed E-state index contributed by atoms with van der Waals surface area (Å²) in [6.07, 6.45) is 7.54. The molecule has 1 heterocycles. The molecule has 0 aliphatic heterocycles. The highest BCUT2D eigenvalue weighted by molar-refractivity contribution is 5.26. The molecule has 0 saturated heterocycles. The van der Waals surface area contributed by atoms with Gasteiger partial charge >= 0.3 is 0 Å². The second kappa shape index (κ2) is 6.81. The minimum Gasteiger partial charge on any atom is -0.310 e. The number of fused-ring (bicyclic) bond motifs is 1. The van der Waals surface area contributed by atoms with Gasteiger partial charge in [0, 0.05) is 29.9 Å². The molecule has 1 unspecified atom stereocenters. The third kappa shape index (κ3) is 3.48. The summed E-state index contributed by atoms with van der Waals surface area (Å²) in [4.78, 5) is 9.41. The van der Waals surface area contributed by atoms with Gasteiger partial charge in [-0.15, -0.1) is 0 Å².